The summed E-state index contributed by atoms with van der Waals surface area (Å²) in [5.74, 6) is 0.446. The van der Waals surface area contributed by atoms with Crippen molar-refractivity contribution in [2.45, 2.75) is 19.8 Å². The van der Waals surface area contributed by atoms with Gasteiger partial charge < -0.3 is 15.0 Å². The molecule has 0 spiro atoms. The number of nitrogens with two attached hydrogens (primary N) is 1. The molecule has 1 aromatic heterocycles. The summed E-state index contributed by atoms with van der Waals surface area (Å²) in [7, 11) is 1.52. The van der Waals surface area contributed by atoms with Crippen molar-refractivity contribution in [3.8, 4) is 16.9 Å². The Kier molecular flexibility index (Phi) is 3.23. The van der Waals surface area contributed by atoms with Gasteiger partial charge in [0.2, 0.25) is 5.88 Å². The molecule has 0 aliphatic heterocycles. The van der Waals surface area contributed by atoms with Crippen molar-refractivity contribution in [3.05, 3.63) is 29.7 Å². The first-order valence-corrected chi connectivity index (χ1v) is 5.62. The van der Waals surface area contributed by atoms with E-state index in [1.807, 2.05) is 13.8 Å². The fourth-order valence-electron chi connectivity index (χ4n) is 2.03. The molecule has 0 unspecified atom stereocenters. The van der Waals surface area contributed by atoms with E-state index >= 15 is 0 Å². The zero-order chi connectivity index (χ0) is 13.3. The second-order valence-corrected chi connectivity index (χ2v) is 4.33. The summed E-state index contributed by atoms with van der Waals surface area (Å²) >= 11 is 0. The number of aromatic nitrogens is 1. The molecule has 0 fully saturated rings. The number of hydrogen-bond donors (Lipinski definition) is 1. The minimum Gasteiger partial charge on any atom is -0.496 e. The molecular weight excluding hydrogens is 235 g/mol. The van der Waals surface area contributed by atoms with Crippen molar-refractivity contribution in [1.29, 1.82) is 0 Å². The zero-order valence-electron chi connectivity index (χ0n) is 10.5. The van der Waals surface area contributed by atoms with Gasteiger partial charge in [0, 0.05) is 11.6 Å². The van der Waals surface area contributed by atoms with E-state index in [9.17, 15) is 4.39 Å². The maximum absolute atomic E-state index is 13.6. The van der Waals surface area contributed by atoms with Crippen molar-refractivity contribution in [1.82, 2.24) is 5.16 Å². The quantitative estimate of drug-likeness (QED) is 0.908. The van der Waals surface area contributed by atoms with Crippen LogP contribution in [0.5, 0.6) is 5.75 Å². The molecule has 18 heavy (non-hydrogen) atoms. The molecule has 2 rings (SSSR count). The van der Waals surface area contributed by atoms with Gasteiger partial charge in [0.25, 0.3) is 0 Å². The summed E-state index contributed by atoms with van der Waals surface area (Å²) in [5.41, 5.74) is 7.81. The second-order valence-electron chi connectivity index (χ2n) is 4.33. The number of halogens is 1. The van der Waals surface area contributed by atoms with Crippen molar-refractivity contribution in [3.63, 3.8) is 0 Å². The van der Waals surface area contributed by atoms with Gasteiger partial charge in [-0.3, -0.25) is 0 Å². The van der Waals surface area contributed by atoms with Gasteiger partial charge in [0.1, 0.15) is 11.6 Å². The molecule has 0 bridgehead atoms. The number of nitrogen functional groups attached to an aromatic ring is 1. The van der Waals surface area contributed by atoms with E-state index in [1.165, 1.54) is 25.4 Å². The van der Waals surface area contributed by atoms with E-state index in [0.29, 0.717) is 16.9 Å². The highest BCUT2D eigenvalue weighted by Crippen LogP contribution is 2.39. The molecule has 0 saturated carbocycles. The first-order chi connectivity index (χ1) is 8.54. The van der Waals surface area contributed by atoms with Crippen LogP contribution in [0, 0.1) is 5.82 Å². The Balaban J connectivity index is 2.73. The van der Waals surface area contributed by atoms with Gasteiger partial charge >= 0.3 is 0 Å². The van der Waals surface area contributed by atoms with Crippen molar-refractivity contribution in [2.24, 2.45) is 0 Å². The largest absolute Gasteiger partial charge is 0.496 e. The highest BCUT2D eigenvalue weighted by molar-refractivity contribution is 5.77. The van der Waals surface area contributed by atoms with Gasteiger partial charge in [0.05, 0.1) is 18.9 Å². The lowest BCUT2D eigenvalue weighted by Gasteiger charge is -2.16. The number of rotatable bonds is 3. The molecule has 0 radical (unpaired) electrons. The number of nitrogens with zero attached hydrogens (tertiary/aromatic N) is 1. The summed E-state index contributed by atoms with van der Waals surface area (Å²) in [4.78, 5) is 0. The average Bonchev–Trinajstić information content (AvgIpc) is 2.73. The summed E-state index contributed by atoms with van der Waals surface area (Å²) in [6.07, 6.45) is 1.48. The minimum atomic E-state index is -0.383. The standard InChI is InChI=1S/C13H15FN2O2/c1-7(2)12-9(10-6-16-18-13(10)15)4-8(14)5-11(12)17-3/h4-7H,15H2,1-3H3. The second kappa shape index (κ2) is 4.68. The monoisotopic (exact) mass is 250 g/mol. The Bertz CT molecular complexity index is 564. The Hall–Kier alpha value is -2.04. The smallest absolute Gasteiger partial charge is 0.229 e. The van der Waals surface area contributed by atoms with Gasteiger partial charge in [0.15, 0.2) is 0 Å². The summed E-state index contributed by atoms with van der Waals surface area (Å²) in [5, 5.41) is 3.62. The van der Waals surface area contributed by atoms with Crippen LogP contribution in [0.3, 0.4) is 0 Å². The molecular formula is C13H15FN2O2. The predicted octanol–water partition coefficient (Wildman–Crippen LogP) is 3.19. The first-order valence-electron chi connectivity index (χ1n) is 5.62. The van der Waals surface area contributed by atoms with Crippen molar-refractivity contribution < 1.29 is 13.7 Å². The third kappa shape index (κ3) is 2.03. The minimum absolute atomic E-state index is 0.157. The Morgan fingerprint density at radius 2 is 2.06 bits per heavy atom. The molecule has 0 aliphatic carbocycles. The van der Waals surface area contributed by atoms with Crippen LogP contribution >= 0.6 is 0 Å². The predicted molar refractivity (Wildman–Crippen MR) is 67.0 cm³/mol. The fraction of sp³-hybridized carbons (Fsp3) is 0.308. The molecule has 96 valence electrons. The summed E-state index contributed by atoms with van der Waals surface area (Å²) in [6, 6.07) is 2.78. The number of anilines is 1. The number of hydrogen-bond acceptors (Lipinski definition) is 4. The van der Waals surface area contributed by atoms with Gasteiger partial charge in [-0.05, 0) is 17.5 Å². The summed E-state index contributed by atoms with van der Waals surface area (Å²) in [6.45, 7) is 4.01. The van der Waals surface area contributed by atoms with Crippen LogP contribution in [0.15, 0.2) is 22.9 Å². The lowest BCUT2D eigenvalue weighted by Crippen LogP contribution is -2.00. The number of methoxy groups -OCH3 is 1. The normalized spacial score (nSPS) is 10.9. The van der Waals surface area contributed by atoms with E-state index in [2.05, 4.69) is 5.16 Å². The third-order valence-electron chi connectivity index (χ3n) is 2.79. The van der Waals surface area contributed by atoms with Crippen LogP contribution in [0.1, 0.15) is 25.3 Å². The van der Waals surface area contributed by atoms with Gasteiger partial charge in [-0.15, -0.1) is 0 Å². The van der Waals surface area contributed by atoms with Crippen LogP contribution in [0.2, 0.25) is 0 Å². The highest BCUT2D eigenvalue weighted by atomic mass is 19.1. The number of benzene rings is 1. The van der Waals surface area contributed by atoms with E-state index < -0.39 is 0 Å². The molecule has 5 heteroatoms. The van der Waals surface area contributed by atoms with Crippen LogP contribution in [-0.4, -0.2) is 12.3 Å². The lowest BCUT2D eigenvalue weighted by molar-refractivity contribution is 0.404. The lowest BCUT2D eigenvalue weighted by atomic mass is 9.92. The van der Waals surface area contributed by atoms with Gasteiger partial charge in [-0.1, -0.05) is 19.0 Å². The van der Waals surface area contributed by atoms with Crippen LogP contribution in [0.25, 0.3) is 11.1 Å². The third-order valence-corrected chi connectivity index (χ3v) is 2.79. The van der Waals surface area contributed by atoms with Gasteiger partial charge in [-0.25, -0.2) is 4.39 Å². The molecule has 0 amide bonds. The molecule has 2 N–H and O–H groups in total. The van der Waals surface area contributed by atoms with Crippen molar-refractivity contribution in [2.75, 3.05) is 12.8 Å². The Morgan fingerprint density at radius 1 is 1.33 bits per heavy atom. The first kappa shape index (κ1) is 12.4. The molecule has 4 nitrogen and oxygen atoms in total. The number of ether oxygens (including phenoxy) is 1. The van der Waals surface area contributed by atoms with Crippen LogP contribution in [0.4, 0.5) is 10.3 Å². The topological polar surface area (TPSA) is 61.3 Å². The Morgan fingerprint density at radius 3 is 2.56 bits per heavy atom. The molecule has 1 aromatic carbocycles. The highest BCUT2D eigenvalue weighted by Gasteiger charge is 2.19. The maximum Gasteiger partial charge on any atom is 0.229 e. The molecule has 1 heterocycles. The molecule has 0 atom stereocenters. The SMILES string of the molecule is COc1cc(F)cc(-c2cnoc2N)c1C(C)C. The molecule has 0 aliphatic rings. The molecule has 0 saturated heterocycles. The van der Waals surface area contributed by atoms with E-state index in [4.69, 9.17) is 15.0 Å². The van der Waals surface area contributed by atoms with E-state index in [0.717, 1.165) is 5.56 Å². The van der Waals surface area contributed by atoms with Crippen LogP contribution < -0.4 is 10.5 Å². The van der Waals surface area contributed by atoms with Crippen LogP contribution in [-0.2, 0) is 0 Å². The molecule has 2 aromatic rings. The van der Waals surface area contributed by atoms with Crippen molar-refractivity contribution >= 4 is 5.88 Å². The zero-order valence-corrected chi connectivity index (χ0v) is 10.5. The maximum atomic E-state index is 13.6. The average molecular weight is 250 g/mol. The van der Waals surface area contributed by atoms with E-state index in [1.54, 1.807) is 0 Å². The summed E-state index contributed by atoms with van der Waals surface area (Å²) < 4.78 is 23.7. The Labute approximate surface area is 105 Å². The van der Waals surface area contributed by atoms with Gasteiger partial charge in [-0.2, -0.15) is 0 Å². The fourth-order valence-corrected chi connectivity index (χ4v) is 2.03. The van der Waals surface area contributed by atoms with E-state index in [-0.39, 0.29) is 17.6 Å².